The molecule has 0 saturated carbocycles. The summed E-state index contributed by atoms with van der Waals surface area (Å²) in [6, 6.07) is 6.02. The fraction of sp³-hybridized carbons (Fsp3) is 0.308. The van der Waals surface area contributed by atoms with Crippen LogP contribution in [0.15, 0.2) is 35.5 Å². The zero-order chi connectivity index (χ0) is 14.9. The van der Waals surface area contributed by atoms with Gasteiger partial charge >= 0.3 is 0 Å². The predicted molar refractivity (Wildman–Crippen MR) is 73.2 cm³/mol. The van der Waals surface area contributed by atoms with E-state index in [0.29, 0.717) is 12.4 Å². The maximum atomic E-state index is 12.9. The number of hydrogen-bond donors (Lipinski definition) is 1. The summed E-state index contributed by atoms with van der Waals surface area (Å²) in [6.45, 7) is 4.24. The molecule has 0 saturated heterocycles. The number of sulfonamides is 1. The fourth-order valence-electron chi connectivity index (χ4n) is 1.92. The van der Waals surface area contributed by atoms with Crippen molar-refractivity contribution in [3.05, 3.63) is 47.7 Å². The van der Waals surface area contributed by atoms with E-state index in [2.05, 4.69) is 4.98 Å². The Morgan fingerprint density at radius 3 is 2.40 bits per heavy atom. The quantitative estimate of drug-likeness (QED) is 0.935. The highest BCUT2D eigenvalue weighted by Crippen LogP contribution is 2.18. The minimum Gasteiger partial charge on any atom is -0.329 e. The zero-order valence-corrected chi connectivity index (χ0v) is 12.1. The molecule has 2 aromatic rings. The molecule has 1 aromatic carbocycles. The Kier molecular flexibility index (Phi) is 3.92. The van der Waals surface area contributed by atoms with E-state index >= 15 is 0 Å². The van der Waals surface area contributed by atoms with Crippen molar-refractivity contribution < 1.29 is 12.8 Å². The van der Waals surface area contributed by atoms with E-state index in [1.807, 2.05) is 13.8 Å². The van der Waals surface area contributed by atoms with Gasteiger partial charge in [-0.25, -0.2) is 22.9 Å². The minimum atomic E-state index is -3.83. The summed E-state index contributed by atoms with van der Waals surface area (Å²) < 4.78 is 37.3. The summed E-state index contributed by atoms with van der Waals surface area (Å²) in [5.41, 5.74) is 0.853. The molecule has 0 unspecified atom stereocenters. The van der Waals surface area contributed by atoms with E-state index in [-0.39, 0.29) is 16.8 Å². The van der Waals surface area contributed by atoms with Gasteiger partial charge in [-0.15, -0.1) is 0 Å². The lowest BCUT2D eigenvalue weighted by atomic mass is 10.2. The summed E-state index contributed by atoms with van der Waals surface area (Å²) >= 11 is 0. The average Bonchev–Trinajstić information content (AvgIpc) is 2.76. The number of aromatic nitrogens is 2. The van der Waals surface area contributed by atoms with E-state index in [0.717, 1.165) is 5.56 Å². The van der Waals surface area contributed by atoms with Gasteiger partial charge in [0.2, 0.25) is 0 Å². The molecule has 0 aliphatic rings. The molecule has 0 aliphatic heterocycles. The molecular formula is C13H16FN3O2S. The number of rotatable bonds is 4. The van der Waals surface area contributed by atoms with Crippen LogP contribution >= 0.6 is 0 Å². The molecule has 1 aromatic heterocycles. The van der Waals surface area contributed by atoms with Gasteiger partial charge in [0.25, 0.3) is 10.0 Å². The van der Waals surface area contributed by atoms with Crippen LogP contribution in [0.5, 0.6) is 0 Å². The smallest absolute Gasteiger partial charge is 0.257 e. The molecule has 0 amide bonds. The molecule has 1 heterocycles. The van der Waals surface area contributed by atoms with Gasteiger partial charge < -0.3 is 4.57 Å². The largest absolute Gasteiger partial charge is 0.329 e. The number of nitrogens with two attached hydrogens (primary N) is 1. The van der Waals surface area contributed by atoms with Crippen molar-refractivity contribution >= 4 is 10.0 Å². The van der Waals surface area contributed by atoms with Crippen LogP contribution in [0.4, 0.5) is 4.39 Å². The van der Waals surface area contributed by atoms with Crippen LogP contribution in [0.1, 0.15) is 31.2 Å². The molecule has 2 N–H and O–H groups in total. The molecule has 0 fully saturated rings. The maximum Gasteiger partial charge on any atom is 0.257 e. The van der Waals surface area contributed by atoms with E-state index in [1.54, 1.807) is 16.7 Å². The Morgan fingerprint density at radius 2 is 1.90 bits per heavy atom. The first-order valence-corrected chi connectivity index (χ1v) is 7.66. The van der Waals surface area contributed by atoms with E-state index in [9.17, 15) is 12.8 Å². The normalized spacial score (nSPS) is 12.1. The molecular weight excluding hydrogens is 281 g/mol. The third-order valence-corrected chi connectivity index (χ3v) is 3.64. The van der Waals surface area contributed by atoms with Crippen LogP contribution in [0, 0.1) is 5.82 Å². The Labute approximate surface area is 117 Å². The van der Waals surface area contributed by atoms with Gasteiger partial charge in [0, 0.05) is 18.7 Å². The maximum absolute atomic E-state index is 12.9. The third kappa shape index (κ3) is 3.23. The zero-order valence-electron chi connectivity index (χ0n) is 11.2. The highest BCUT2D eigenvalue weighted by Gasteiger charge is 2.18. The van der Waals surface area contributed by atoms with Crippen molar-refractivity contribution in [3.8, 4) is 0 Å². The van der Waals surface area contributed by atoms with Crippen LogP contribution in [-0.4, -0.2) is 18.0 Å². The van der Waals surface area contributed by atoms with Crippen molar-refractivity contribution in [1.82, 2.24) is 9.55 Å². The minimum absolute atomic E-state index is 0.0472. The van der Waals surface area contributed by atoms with Crippen LogP contribution in [0.2, 0.25) is 0 Å². The Morgan fingerprint density at radius 1 is 1.30 bits per heavy atom. The van der Waals surface area contributed by atoms with Crippen molar-refractivity contribution in [3.63, 3.8) is 0 Å². The lowest BCUT2D eigenvalue weighted by Crippen LogP contribution is -2.12. The second kappa shape index (κ2) is 5.34. The molecule has 0 bridgehead atoms. The van der Waals surface area contributed by atoms with Crippen LogP contribution < -0.4 is 5.14 Å². The van der Waals surface area contributed by atoms with Crippen molar-refractivity contribution in [2.45, 2.75) is 31.3 Å². The molecule has 0 aliphatic carbocycles. The van der Waals surface area contributed by atoms with Gasteiger partial charge in [0.05, 0.1) is 0 Å². The number of nitrogens with zero attached hydrogens (tertiary/aromatic N) is 2. The number of imidazole rings is 1. The number of halogens is 1. The van der Waals surface area contributed by atoms with Gasteiger partial charge in [-0.2, -0.15) is 0 Å². The van der Waals surface area contributed by atoms with Crippen LogP contribution in [0.25, 0.3) is 0 Å². The second-order valence-electron chi connectivity index (χ2n) is 4.89. The highest BCUT2D eigenvalue weighted by molar-refractivity contribution is 7.89. The monoisotopic (exact) mass is 297 g/mol. The Balaban J connectivity index is 2.40. The highest BCUT2D eigenvalue weighted by atomic mass is 32.2. The third-order valence-electron chi connectivity index (χ3n) is 2.86. The van der Waals surface area contributed by atoms with Crippen LogP contribution in [-0.2, 0) is 16.6 Å². The first kappa shape index (κ1) is 14.7. The molecule has 7 heteroatoms. The molecule has 0 radical (unpaired) electrons. The fourth-order valence-corrected chi connectivity index (χ4v) is 2.41. The lowest BCUT2D eigenvalue weighted by molar-refractivity contribution is 0.594. The SMILES string of the molecule is CC(C)c1nc(S(N)(=O)=O)cn1Cc1ccc(F)cc1. The first-order chi connectivity index (χ1) is 9.27. The molecule has 20 heavy (non-hydrogen) atoms. The molecule has 108 valence electrons. The summed E-state index contributed by atoms with van der Waals surface area (Å²) in [5.74, 6) is 0.359. The number of benzene rings is 1. The number of primary sulfonamides is 1. The number of hydrogen-bond acceptors (Lipinski definition) is 3. The molecule has 0 spiro atoms. The summed E-state index contributed by atoms with van der Waals surface area (Å²) in [7, 11) is -3.83. The van der Waals surface area contributed by atoms with E-state index < -0.39 is 10.0 Å². The molecule has 2 rings (SSSR count). The van der Waals surface area contributed by atoms with Crippen molar-refractivity contribution in [1.29, 1.82) is 0 Å². The van der Waals surface area contributed by atoms with Gasteiger partial charge in [0.15, 0.2) is 5.03 Å². The Hall–Kier alpha value is -1.73. The Bertz CT molecular complexity index is 706. The van der Waals surface area contributed by atoms with Crippen molar-refractivity contribution in [2.24, 2.45) is 5.14 Å². The summed E-state index contributed by atoms with van der Waals surface area (Å²) in [5, 5.41) is 4.95. The topological polar surface area (TPSA) is 78.0 Å². The van der Waals surface area contributed by atoms with Gasteiger partial charge in [-0.3, -0.25) is 0 Å². The van der Waals surface area contributed by atoms with Gasteiger partial charge in [-0.1, -0.05) is 26.0 Å². The first-order valence-electron chi connectivity index (χ1n) is 6.11. The van der Waals surface area contributed by atoms with Crippen molar-refractivity contribution in [2.75, 3.05) is 0 Å². The molecule has 0 atom stereocenters. The van der Waals surface area contributed by atoms with Gasteiger partial charge in [0.1, 0.15) is 11.6 Å². The summed E-state index contributed by atoms with van der Waals surface area (Å²) in [6.07, 6.45) is 1.41. The predicted octanol–water partition coefficient (Wildman–Crippen LogP) is 1.84. The van der Waals surface area contributed by atoms with E-state index in [1.165, 1.54) is 18.3 Å². The summed E-state index contributed by atoms with van der Waals surface area (Å²) in [4.78, 5) is 4.07. The van der Waals surface area contributed by atoms with Crippen LogP contribution in [0.3, 0.4) is 0 Å². The lowest BCUT2D eigenvalue weighted by Gasteiger charge is -2.09. The molecule has 5 nitrogen and oxygen atoms in total. The van der Waals surface area contributed by atoms with Gasteiger partial charge in [-0.05, 0) is 17.7 Å². The standard InChI is InChI=1S/C13H16FN3O2S/c1-9(2)13-16-12(20(15,18)19)8-17(13)7-10-3-5-11(14)6-4-10/h3-6,8-9H,7H2,1-2H3,(H2,15,18,19). The second-order valence-corrected chi connectivity index (χ2v) is 6.40. The average molecular weight is 297 g/mol. The van der Waals surface area contributed by atoms with E-state index in [4.69, 9.17) is 5.14 Å².